The van der Waals surface area contributed by atoms with Crippen molar-refractivity contribution >= 4 is 47.0 Å². The molecule has 0 unspecified atom stereocenters. The number of halogens is 2. The number of amides is 3. The first kappa shape index (κ1) is 39.5. The van der Waals surface area contributed by atoms with Crippen molar-refractivity contribution in [2.75, 3.05) is 24.5 Å². The normalized spacial score (nSPS) is 14.7. The maximum Gasteiger partial charge on any atom is 0.407 e. The van der Waals surface area contributed by atoms with E-state index in [1.807, 2.05) is 13.0 Å². The largest absolute Gasteiger partial charge is 0.455 e. The summed E-state index contributed by atoms with van der Waals surface area (Å²) in [6, 6.07) is 25.2. The molecule has 0 saturated carbocycles. The average Bonchev–Trinajstić information content (AvgIpc) is 3.49. The molecule has 9 nitrogen and oxygen atoms in total. The SMILES string of the molecule is CCCC(=O)NCc1ccc(N(C(=O)CN2CCC3(C=Cc4ccccc43)CC2)c2ccc(Cl)cc2Oc2cccc(CNC(=O)OC(C)(C)C)c2)cc1F. The lowest BCUT2D eigenvalue weighted by Gasteiger charge is -2.39. The Kier molecular flexibility index (Phi) is 12.3. The van der Waals surface area contributed by atoms with Crippen molar-refractivity contribution in [3.05, 3.63) is 124 Å². The van der Waals surface area contributed by atoms with Crippen LogP contribution in [0.3, 0.4) is 0 Å². The molecule has 288 valence electrons. The number of allylic oxidation sites excluding steroid dienone is 1. The summed E-state index contributed by atoms with van der Waals surface area (Å²) in [5.41, 5.74) is 3.62. The van der Waals surface area contributed by atoms with E-state index in [9.17, 15) is 14.4 Å². The summed E-state index contributed by atoms with van der Waals surface area (Å²) in [4.78, 5) is 42.6. The molecule has 1 aliphatic carbocycles. The molecule has 4 aromatic rings. The molecule has 2 aliphatic rings. The minimum atomic E-state index is -0.634. The number of likely N-dealkylation sites (tertiary alicyclic amines) is 1. The van der Waals surface area contributed by atoms with Crippen molar-refractivity contribution in [1.82, 2.24) is 15.5 Å². The molecule has 2 N–H and O–H groups in total. The van der Waals surface area contributed by atoms with E-state index in [-0.39, 0.29) is 42.6 Å². The minimum absolute atomic E-state index is 0.0282. The maximum absolute atomic E-state index is 15.8. The quantitative estimate of drug-likeness (QED) is 0.149. The molecule has 4 aromatic carbocycles. The van der Waals surface area contributed by atoms with E-state index in [4.69, 9.17) is 21.1 Å². The van der Waals surface area contributed by atoms with Gasteiger partial charge in [0.15, 0.2) is 5.75 Å². The first-order chi connectivity index (χ1) is 26.3. The monoisotopic (exact) mass is 766 g/mol. The molecule has 1 spiro atoms. The highest BCUT2D eigenvalue weighted by Gasteiger charge is 2.38. The molecular formula is C44H48ClFN4O5. The summed E-state index contributed by atoms with van der Waals surface area (Å²) in [7, 11) is 0. The van der Waals surface area contributed by atoms with Crippen LogP contribution in [0.25, 0.3) is 6.08 Å². The zero-order valence-corrected chi connectivity index (χ0v) is 32.5. The summed E-state index contributed by atoms with van der Waals surface area (Å²) < 4.78 is 27.5. The number of piperidine rings is 1. The van der Waals surface area contributed by atoms with Crippen molar-refractivity contribution in [3.8, 4) is 11.5 Å². The number of hydrogen-bond acceptors (Lipinski definition) is 6. The second kappa shape index (κ2) is 17.1. The Labute approximate surface area is 327 Å². The molecule has 1 aliphatic heterocycles. The van der Waals surface area contributed by atoms with Crippen molar-refractivity contribution in [2.24, 2.45) is 0 Å². The predicted octanol–water partition coefficient (Wildman–Crippen LogP) is 9.44. The van der Waals surface area contributed by atoms with Crippen LogP contribution in [0.1, 0.15) is 75.6 Å². The second-order valence-corrected chi connectivity index (χ2v) is 15.5. The van der Waals surface area contributed by atoms with Gasteiger partial charge >= 0.3 is 6.09 Å². The predicted molar refractivity (Wildman–Crippen MR) is 214 cm³/mol. The number of ether oxygens (including phenoxy) is 2. The Morgan fingerprint density at radius 2 is 1.71 bits per heavy atom. The van der Waals surface area contributed by atoms with Crippen LogP contribution in [0, 0.1) is 5.82 Å². The summed E-state index contributed by atoms with van der Waals surface area (Å²) in [5, 5.41) is 5.90. The van der Waals surface area contributed by atoms with Crippen molar-refractivity contribution in [1.29, 1.82) is 0 Å². The molecule has 0 radical (unpaired) electrons. The molecule has 1 heterocycles. The van der Waals surface area contributed by atoms with E-state index in [2.05, 4.69) is 52.0 Å². The van der Waals surface area contributed by atoms with E-state index >= 15 is 4.39 Å². The van der Waals surface area contributed by atoms with E-state index in [1.54, 1.807) is 69.3 Å². The van der Waals surface area contributed by atoms with Gasteiger partial charge in [-0.2, -0.15) is 0 Å². The van der Waals surface area contributed by atoms with Gasteiger partial charge in [0.25, 0.3) is 0 Å². The van der Waals surface area contributed by atoms with E-state index in [0.29, 0.717) is 53.6 Å². The topological polar surface area (TPSA) is 100 Å². The fourth-order valence-corrected chi connectivity index (χ4v) is 7.24. The fourth-order valence-electron chi connectivity index (χ4n) is 7.08. The highest BCUT2D eigenvalue weighted by molar-refractivity contribution is 6.31. The van der Waals surface area contributed by atoms with E-state index < -0.39 is 17.5 Å². The number of fused-ring (bicyclic) bond motifs is 2. The fraction of sp³-hybridized carbons (Fsp3) is 0.341. The minimum Gasteiger partial charge on any atom is -0.455 e. The summed E-state index contributed by atoms with van der Waals surface area (Å²) in [5.74, 6) is -0.269. The number of nitrogens with zero attached hydrogens (tertiary/aromatic N) is 2. The Morgan fingerprint density at radius 3 is 2.45 bits per heavy atom. The molecule has 6 rings (SSSR count). The smallest absolute Gasteiger partial charge is 0.407 e. The molecular weight excluding hydrogens is 719 g/mol. The maximum atomic E-state index is 15.8. The number of hydrogen-bond donors (Lipinski definition) is 2. The van der Waals surface area contributed by atoms with Gasteiger partial charge < -0.3 is 20.1 Å². The van der Waals surface area contributed by atoms with Crippen LogP contribution in [0.15, 0.2) is 91.0 Å². The van der Waals surface area contributed by atoms with Crippen molar-refractivity contribution < 1.29 is 28.2 Å². The third kappa shape index (κ3) is 9.92. The molecule has 11 heteroatoms. The first-order valence-electron chi connectivity index (χ1n) is 18.7. The number of anilines is 2. The number of alkyl carbamates (subject to hydrolysis) is 1. The van der Waals surface area contributed by atoms with Gasteiger partial charge in [-0.05, 0) is 106 Å². The lowest BCUT2D eigenvalue weighted by molar-refractivity contribution is -0.121. The summed E-state index contributed by atoms with van der Waals surface area (Å²) in [6.45, 7) is 9.01. The standard InChI is InChI=1S/C44H48ClFN4O5/c1-5-9-40(51)47-28-32-14-16-34(26-37(32)46)50(41(52)29-49-22-20-44(21-23-49)19-18-31-11-6-7-13-36(31)44)38-17-15-33(45)25-39(38)54-35-12-8-10-30(24-35)27-48-42(53)55-43(2,3)4/h6-8,10-19,24-26H,5,9,20-23,27-29H2,1-4H3,(H,47,51)(H,48,53). The number of rotatable bonds is 12. The second-order valence-electron chi connectivity index (χ2n) is 15.1. The Bertz CT molecular complexity index is 2070. The highest BCUT2D eigenvalue weighted by atomic mass is 35.5. The molecule has 3 amide bonds. The van der Waals surface area contributed by atoms with Gasteiger partial charge in [-0.3, -0.25) is 19.4 Å². The van der Waals surface area contributed by atoms with Crippen LogP contribution in [0.4, 0.5) is 20.6 Å². The lowest BCUT2D eigenvalue weighted by atomic mass is 9.74. The molecule has 55 heavy (non-hydrogen) atoms. The molecule has 0 atom stereocenters. The summed E-state index contributed by atoms with van der Waals surface area (Å²) in [6.07, 6.45) is 6.74. The van der Waals surface area contributed by atoms with Crippen LogP contribution in [-0.2, 0) is 32.8 Å². The van der Waals surface area contributed by atoms with Gasteiger partial charge in [0.1, 0.15) is 17.2 Å². The zero-order valence-electron chi connectivity index (χ0n) is 31.8. The highest BCUT2D eigenvalue weighted by Crippen LogP contribution is 2.44. The van der Waals surface area contributed by atoms with Crippen LogP contribution in [0.5, 0.6) is 11.5 Å². The third-order valence-corrected chi connectivity index (χ3v) is 10.0. The Hall–Kier alpha value is -5.19. The van der Waals surface area contributed by atoms with Crippen LogP contribution >= 0.6 is 11.6 Å². The lowest BCUT2D eigenvalue weighted by Crippen LogP contribution is -2.45. The van der Waals surface area contributed by atoms with Crippen LogP contribution in [0.2, 0.25) is 5.02 Å². The number of carbonyl (C=O) groups is 3. The number of carbonyl (C=O) groups excluding carboxylic acids is 3. The number of nitrogens with one attached hydrogen (secondary N) is 2. The van der Waals surface area contributed by atoms with Gasteiger partial charge in [-0.1, -0.05) is 73.1 Å². The molecule has 0 aromatic heterocycles. The van der Waals surface area contributed by atoms with E-state index in [1.165, 1.54) is 22.1 Å². The van der Waals surface area contributed by atoms with Crippen LogP contribution in [-0.4, -0.2) is 48.0 Å². The summed E-state index contributed by atoms with van der Waals surface area (Å²) >= 11 is 6.51. The third-order valence-electron chi connectivity index (χ3n) is 9.81. The average molecular weight is 767 g/mol. The molecule has 1 fully saturated rings. The molecule has 1 saturated heterocycles. The van der Waals surface area contributed by atoms with Gasteiger partial charge in [0.05, 0.1) is 17.9 Å². The van der Waals surface area contributed by atoms with Crippen LogP contribution < -0.4 is 20.3 Å². The van der Waals surface area contributed by atoms with Crippen molar-refractivity contribution in [2.45, 2.75) is 77.5 Å². The Morgan fingerprint density at radius 1 is 0.927 bits per heavy atom. The van der Waals surface area contributed by atoms with Gasteiger partial charge in [-0.15, -0.1) is 0 Å². The van der Waals surface area contributed by atoms with Crippen molar-refractivity contribution in [3.63, 3.8) is 0 Å². The zero-order chi connectivity index (χ0) is 39.2. The van der Waals surface area contributed by atoms with Gasteiger partial charge in [-0.25, -0.2) is 9.18 Å². The molecule has 0 bridgehead atoms. The number of benzene rings is 4. The Balaban J connectivity index is 1.26. The van der Waals surface area contributed by atoms with E-state index in [0.717, 1.165) is 18.4 Å². The van der Waals surface area contributed by atoms with Gasteiger partial charge in [0, 0.05) is 41.6 Å². The first-order valence-corrected chi connectivity index (χ1v) is 19.1. The van der Waals surface area contributed by atoms with Gasteiger partial charge in [0.2, 0.25) is 11.8 Å².